The fourth-order valence-electron chi connectivity index (χ4n) is 1.08. The standard InChI is InChI=1S/C8H13ClN2OS/c1-8(2,12)5-11(3)6-4-13-7(9)10-6/h4,12H,5H2,1-3H3. The summed E-state index contributed by atoms with van der Waals surface area (Å²) in [4.78, 5) is 5.97. The average Bonchev–Trinajstić information content (AvgIpc) is 2.31. The summed E-state index contributed by atoms with van der Waals surface area (Å²) >= 11 is 7.08. The lowest BCUT2D eigenvalue weighted by Gasteiger charge is -2.25. The summed E-state index contributed by atoms with van der Waals surface area (Å²) in [7, 11) is 1.88. The molecule has 0 saturated carbocycles. The van der Waals surface area contributed by atoms with Crippen molar-refractivity contribution in [2.45, 2.75) is 19.4 Å². The van der Waals surface area contributed by atoms with Gasteiger partial charge in [0.05, 0.1) is 5.60 Å². The molecule has 1 aromatic rings. The lowest BCUT2D eigenvalue weighted by molar-refractivity contribution is 0.0885. The zero-order valence-corrected chi connectivity index (χ0v) is 9.48. The quantitative estimate of drug-likeness (QED) is 0.847. The summed E-state index contributed by atoms with van der Waals surface area (Å²) in [6.45, 7) is 4.06. The minimum Gasteiger partial charge on any atom is -0.389 e. The molecule has 0 saturated heterocycles. The van der Waals surface area contributed by atoms with Gasteiger partial charge < -0.3 is 10.0 Å². The Morgan fingerprint density at radius 3 is 2.69 bits per heavy atom. The number of likely N-dealkylation sites (N-methyl/N-ethyl adjacent to an activating group) is 1. The van der Waals surface area contributed by atoms with E-state index in [0.717, 1.165) is 5.82 Å². The number of nitrogens with zero attached hydrogens (tertiary/aromatic N) is 2. The second-order valence-corrected chi connectivity index (χ2v) is 5.07. The zero-order valence-electron chi connectivity index (χ0n) is 7.91. The molecule has 0 radical (unpaired) electrons. The molecular weight excluding hydrogens is 208 g/mol. The lowest BCUT2D eigenvalue weighted by Crippen LogP contribution is -2.36. The predicted molar refractivity (Wildman–Crippen MR) is 56.7 cm³/mol. The van der Waals surface area contributed by atoms with Crippen LogP contribution in [0, 0.1) is 0 Å². The SMILES string of the molecule is CN(CC(C)(C)O)c1csc(Cl)n1. The van der Waals surface area contributed by atoms with E-state index >= 15 is 0 Å². The van der Waals surface area contributed by atoms with Crippen molar-refractivity contribution in [2.75, 3.05) is 18.5 Å². The highest BCUT2D eigenvalue weighted by atomic mass is 35.5. The monoisotopic (exact) mass is 220 g/mol. The van der Waals surface area contributed by atoms with E-state index in [1.807, 2.05) is 17.3 Å². The maximum atomic E-state index is 9.56. The van der Waals surface area contributed by atoms with E-state index in [-0.39, 0.29) is 0 Å². The molecule has 0 atom stereocenters. The van der Waals surface area contributed by atoms with Crippen LogP contribution in [0.3, 0.4) is 0 Å². The highest BCUT2D eigenvalue weighted by molar-refractivity contribution is 7.14. The van der Waals surface area contributed by atoms with E-state index in [1.165, 1.54) is 11.3 Å². The van der Waals surface area contributed by atoms with E-state index in [2.05, 4.69) is 4.98 Å². The van der Waals surface area contributed by atoms with Crippen LogP contribution in [0.5, 0.6) is 0 Å². The molecule has 74 valence electrons. The molecular formula is C8H13ClN2OS. The molecule has 0 amide bonds. The normalized spacial score (nSPS) is 11.8. The van der Waals surface area contributed by atoms with Gasteiger partial charge in [-0.05, 0) is 13.8 Å². The third kappa shape index (κ3) is 3.50. The van der Waals surface area contributed by atoms with E-state index in [0.29, 0.717) is 11.0 Å². The predicted octanol–water partition coefficient (Wildman–Crippen LogP) is 2.00. The lowest BCUT2D eigenvalue weighted by atomic mass is 10.1. The van der Waals surface area contributed by atoms with Crippen LogP contribution in [-0.4, -0.2) is 29.3 Å². The molecule has 3 nitrogen and oxygen atoms in total. The number of anilines is 1. The van der Waals surface area contributed by atoms with Crippen LogP contribution in [0.2, 0.25) is 4.47 Å². The maximum Gasteiger partial charge on any atom is 0.185 e. The minimum absolute atomic E-state index is 0.526. The summed E-state index contributed by atoms with van der Waals surface area (Å²) in [5.74, 6) is 0.803. The molecule has 5 heteroatoms. The van der Waals surface area contributed by atoms with Crippen molar-refractivity contribution in [2.24, 2.45) is 0 Å². The molecule has 1 rings (SSSR count). The minimum atomic E-state index is -0.717. The van der Waals surface area contributed by atoms with Gasteiger partial charge in [-0.3, -0.25) is 0 Å². The first-order valence-electron chi connectivity index (χ1n) is 3.93. The Hall–Kier alpha value is -0.320. The number of aromatic nitrogens is 1. The van der Waals surface area contributed by atoms with Gasteiger partial charge in [-0.2, -0.15) is 0 Å². The first-order chi connectivity index (χ1) is 5.88. The van der Waals surface area contributed by atoms with Crippen molar-refractivity contribution < 1.29 is 5.11 Å². The fourth-order valence-corrected chi connectivity index (χ4v) is 1.88. The third-order valence-electron chi connectivity index (χ3n) is 1.48. The molecule has 0 aromatic carbocycles. The van der Waals surface area contributed by atoms with Crippen molar-refractivity contribution in [1.82, 2.24) is 4.98 Å². The van der Waals surface area contributed by atoms with Crippen LogP contribution >= 0.6 is 22.9 Å². The zero-order chi connectivity index (χ0) is 10.1. The Kier molecular flexibility index (Phi) is 3.16. The molecule has 1 aromatic heterocycles. The van der Waals surface area contributed by atoms with Crippen LogP contribution in [0.25, 0.3) is 0 Å². The topological polar surface area (TPSA) is 36.4 Å². The van der Waals surface area contributed by atoms with E-state index < -0.39 is 5.60 Å². The molecule has 1 heterocycles. The van der Waals surface area contributed by atoms with Gasteiger partial charge in [-0.15, -0.1) is 11.3 Å². The van der Waals surface area contributed by atoms with Crippen LogP contribution in [0.15, 0.2) is 5.38 Å². The van der Waals surface area contributed by atoms with Gasteiger partial charge in [0, 0.05) is 19.0 Å². The second-order valence-electron chi connectivity index (χ2n) is 3.63. The highest BCUT2D eigenvalue weighted by Crippen LogP contribution is 2.22. The Labute approximate surface area is 87.0 Å². The van der Waals surface area contributed by atoms with Crippen LogP contribution in [-0.2, 0) is 0 Å². The maximum absolute atomic E-state index is 9.56. The van der Waals surface area contributed by atoms with Gasteiger partial charge in [0.25, 0.3) is 0 Å². The Morgan fingerprint density at radius 1 is 1.69 bits per heavy atom. The van der Waals surface area contributed by atoms with Gasteiger partial charge in [0.15, 0.2) is 4.47 Å². The molecule has 0 bridgehead atoms. The van der Waals surface area contributed by atoms with Crippen molar-refractivity contribution in [3.05, 3.63) is 9.85 Å². The van der Waals surface area contributed by atoms with Crippen molar-refractivity contribution in [3.63, 3.8) is 0 Å². The van der Waals surface area contributed by atoms with Gasteiger partial charge in [0.1, 0.15) is 5.82 Å². The number of rotatable bonds is 3. The van der Waals surface area contributed by atoms with Gasteiger partial charge >= 0.3 is 0 Å². The van der Waals surface area contributed by atoms with Crippen molar-refractivity contribution in [3.8, 4) is 0 Å². The summed E-state index contributed by atoms with van der Waals surface area (Å²) in [6.07, 6.45) is 0. The summed E-state index contributed by atoms with van der Waals surface area (Å²) in [6, 6.07) is 0. The highest BCUT2D eigenvalue weighted by Gasteiger charge is 2.17. The molecule has 0 fully saturated rings. The van der Waals surface area contributed by atoms with Crippen LogP contribution in [0.1, 0.15) is 13.8 Å². The third-order valence-corrected chi connectivity index (χ3v) is 2.45. The molecule has 0 aliphatic carbocycles. The summed E-state index contributed by atoms with van der Waals surface area (Å²) in [5.41, 5.74) is -0.717. The number of hydrogen-bond acceptors (Lipinski definition) is 4. The average molecular weight is 221 g/mol. The first-order valence-corrected chi connectivity index (χ1v) is 5.19. The molecule has 0 unspecified atom stereocenters. The Morgan fingerprint density at radius 2 is 2.31 bits per heavy atom. The van der Waals surface area contributed by atoms with E-state index in [9.17, 15) is 5.11 Å². The number of aliphatic hydroxyl groups is 1. The largest absolute Gasteiger partial charge is 0.389 e. The van der Waals surface area contributed by atoms with Crippen LogP contribution < -0.4 is 4.90 Å². The van der Waals surface area contributed by atoms with Crippen LogP contribution in [0.4, 0.5) is 5.82 Å². The molecule has 13 heavy (non-hydrogen) atoms. The summed E-state index contributed by atoms with van der Waals surface area (Å²) < 4.78 is 0.526. The van der Waals surface area contributed by atoms with E-state index in [4.69, 9.17) is 11.6 Å². The fraction of sp³-hybridized carbons (Fsp3) is 0.625. The van der Waals surface area contributed by atoms with Crippen molar-refractivity contribution in [1.29, 1.82) is 0 Å². The molecule has 1 N–H and O–H groups in total. The van der Waals surface area contributed by atoms with Gasteiger partial charge in [-0.1, -0.05) is 11.6 Å². The molecule has 0 aliphatic rings. The molecule has 0 aliphatic heterocycles. The molecule has 0 spiro atoms. The van der Waals surface area contributed by atoms with Gasteiger partial charge in [-0.25, -0.2) is 4.98 Å². The number of hydrogen-bond donors (Lipinski definition) is 1. The second kappa shape index (κ2) is 3.82. The Bertz CT molecular complexity index is 282. The Balaban J connectivity index is 2.64. The smallest absolute Gasteiger partial charge is 0.185 e. The van der Waals surface area contributed by atoms with Crippen molar-refractivity contribution >= 4 is 28.8 Å². The summed E-state index contributed by atoms with van der Waals surface area (Å²) in [5, 5.41) is 11.4. The first kappa shape index (κ1) is 10.8. The number of thiazole rings is 1. The van der Waals surface area contributed by atoms with E-state index in [1.54, 1.807) is 13.8 Å². The van der Waals surface area contributed by atoms with Gasteiger partial charge in [0.2, 0.25) is 0 Å². The number of halogens is 1.